The third kappa shape index (κ3) is 6.34. The minimum absolute atomic E-state index is 0.000481. The van der Waals surface area contributed by atoms with Crippen LogP contribution in [-0.2, 0) is 4.79 Å². The Bertz CT molecular complexity index is 888. The van der Waals surface area contributed by atoms with Crippen LogP contribution < -0.4 is 10.6 Å². The highest BCUT2D eigenvalue weighted by molar-refractivity contribution is 9.10. The highest BCUT2D eigenvalue weighted by atomic mass is 79.9. The predicted molar refractivity (Wildman–Crippen MR) is 116 cm³/mol. The van der Waals surface area contributed by atoms with Crippen LogP contribution in [0.3, 0.4) is 0 Å². The number of hydrogen-bond donors (Lipinski definition) is 2. The molecule has 0 fully saturated rings. The largest absolute Gasteiger partial charge is 0.355 e. The molecule has 0 aliphatic heterocycles. The molecule has 0 saturated carbocycles. The molecule has 0 aliphatic rings. The molecule has 8 heteroatoms. The van der Waals surface area contributed by atoms with Gasteiger partial charge in [-0.2, -0.15) is 0 Å². The maximum absolute atomic E-state index is 12.1. The summed E-state index contributed by atoms with van der Waals surface area (Å²) in [5, 5.41) is 15.1. The van der Waals surface area contributed by atoms with Crippen molar-refractivity contribution in [2.75, 3.05) is 17.6 Å². The van der Waals surface area contributed by atoms with E-state index in [4.69, 9.17) is 0 Å². The number of nitrogens with zero attached hydrogens (tertiary/aromatic N) is 2. The Morgan fingerprint density at radius 2 is 2.00 bits per heavy atom. The molecule has 3 aromatic rings. The zero-order chi connectivity index (χ0) is 19.1. The number of carbonyl (C=O) groups excluding carboxylic acids is 1. The molecule has 0 saturated heterocycles. The quantitative estimate of drug-likeness (QED) is 0.458. The Kier molecular flexibility index (Phi) is 7.25. The Balaban J connectivity index is 1.43. The van der Waals surface area contributed by atoms with E-state index < -0.39 is 0 Å². The van der Waals surface area contributed by atoms with Gasteiger partial charge in [-0.3, -0.25) is 4.79 Å². The third-order valence-corrected chi connectivity index (χ3v) is 6.25. The number of rotatable bonds is 8. The van der Waals surface area contributed by atoms with Gasteiger partial charge in [0.25, 0.3) is 0 Å². The number of amides is 1. The van der Waals surface area contributed by atoms with E-state index in [1.165, 1.54) is 28.7 Å². The topological polar surface area (TPSA) is 66.9 Å². The van der Waals surface area contributed by atoms with Crippen molar-refractivity contribution in [3.63, 3.8) is 0 Å². The third-order valence-electron chi connectivity index (χ3n) is 3.78. The van der Waals surface area contributed by atoms with Crippen LogP contribution in [0.4, 0.5) is 10.8 Å². The second kappa shape index (κ2) is 9.87. The summed E-state index contributed by atoms with van der Waals surface area (Å²) in [6.45, 7) is 2.72. The molecule has 0 bridgehead atoms. The summed E-state index contributed by atoms with van der Waals surface area (Å²) in [6, 6.07) is 18.0. The standard InChI is InChI=1S/C19H19BrN4OS2/c1-13(14-6-3-2-4-7-14)11-21-17(25)12-26-19-24-23-18(27-19)22-16-9-5-8-15(20)10-16/h2-10,13H,11-12H2,1H3,(H,21,25)(H,22,23). The fraction of sp³-hybridized carbons (Fsp3) is 0.211. The zero-order valence-corrected chi connectivity index (χ0v) is 17.9. The normalized spacial score (nSPS) is 11.8. The number of hydrogen-bond acceptors (Lipinski definition) is 6. The maximum atomic E-state index is 12.1. The van der Waals surface area contributed by atoms with Crippen LogP contribution in [0.2, 0.25) is 0 Å². The van der Waals surface area contributed by atoms with Gasteiger partial charge in [-0.25, -0.2) is 0 Å². The van der Waals surface area contributed by atoms with Crippen molar-refractivity contribution >= 4 is 55.8 Å². The van der Waals surface area contributed by atoms with E-state index in [1.807, 2.05) is 42.5 Å². The van der Waals surface area contributed by atoms with E-state index in [9.17, 15) is 4.79 Å². The average molecular weight is 463 g/mol. The number of carbonyl (C=O) groups is 1. The number of thioether (sulfide) groups is 1. The van der Waals surface area contributed by atoms with Gasteiger partial charge in [-0.05, 0) is 29.7 Å². The van der Waals surface area contributed by atoms with Gasteiger partial charge >= 0.3 is 0 Å². The van der Waals surface area contributed by atoms with Crippen LogP contribution in [0, 0.1) is 0 Å². The van der Waals surface area contributed by atoms with E-state index in [0.717, 1.165) is 14.5 Å². The van der Waals surface area contributed by atoms with Crippen LogP contribution in [-0.4, -0.2) is 28.4 Å². The van der Waals surface area contributed by atoms with Gasteiger partial charge in [0.05, 0.1) is 5.75 Å². The van der Waals surface area contributed by atoms with Crippen molar-refractivity contribution in [3.8, 4) is 0 Å². The molecule has 3 rings (SSSR count). The van der Waals surface area contributed by atoms with Crippen molar-refractivity contribution in [2.45, 2.75) is 17.2 Å². The number of anilines is 2. The molecule has 1 unspecified atom stereocenters. The summed E-state index contributed by atoms with van der Waals surface area (Å²) in [7, 11) is 0. The summed E-state index contributed by atoms with van der Waals surface area (Å²) >= 11 is 6.27. The highest BCUT2D eigenvalue weighted by Gasteiger charge is 2.10. The van der Waals surface area contributed by atoms with Gasteiger partial charge in [0.2, 0.25) is 11.0 Å². The predicted octanol–water partition coefficient (Wildman–Crippen LogP) is 5.06. The lowest BCUT2D eigenvalue weighted by molar-refractivity contribution is -0.118. The Morgan fingerprint density at radius 3 is 2.78 bits per heavy atom. The molecule has 27 heavy (non-hydrogen) atoms. The van der Waals surface area contributed by atoms with E-state index in [1.54, 1.807) is 0 Å². The van der Waals surface area contributed by atoms with Gasteiger partial charge in [0.1, 0.15) is 0 Å². The van der Waals surface area contributed by atoms with Gasteiger partial charge in [-0.1, -0.05) is 82.4 Å². The fourth-order valence-electron chi connectivity index (χ4n) is 2.35. The maximum Gasteiger partial charge on any atom is 0.230 e. The molecule has 2 N–H and O–H groups in total. The number of aromatic nitrogens is 2. The SMILES string of the molecule is CC(CNC(=O)CSc1nnc(Nc2cccc(Br)c2)s1)c1ccccc1. The number of halogens is 1. The monoisotopic (exact) mass is 462 g/mol. The second-order valence-corrected chi connectivity index (χ2v) is 9.03. The van der Waals surface area contributed by atoms with Gasteiger partial charge < -0.3 is 10.6 Å². The lowest BCUT2D eigenvalue weighted by Gasteiger charge is -2.12. The van der Waals surface area contributed by atoms with Crippen molar-refractivity contribution < 1.29 is 4.79 Å². The summed E-state index contributed by atoms with van der Waals surface area (Å²) in [5.41, 5.74) is 2.16. The molecule has 1 amide bonds. The van der Waals surface area contributed by atoms with Gasteiger partial charge in [-0.15, -0.1) is 10.2 Å². The first kappa shape index (κ1) is 19.9. The molecule has 1 aromatic heterocycles. The van der Waals surface area contributed by atoms with Crippen LogP contribution in [0.5, 0.6) is 0 Å². The van der Waals surface area contributed by atoms with Crippen LogP contribution in [0.15, 0.2) is 63.4 Å². The number of benzene rings is 2. The summed E-state index contributed by atoms with van der Waals surface area (Å²) in [4.78, 5) is 12.1. The van der Waals surface area contributed by atoms with Crippen molar-refractivity contribution in [1.29, 1.82) is 0 Å². The van der Waals surface area contributed by atoms with E-state index >= 15 is 0 Å². The van der Waals surface area contributed by atoms with Crippen molar-refractivity contribution in [1.82, 2.24) is 15.5 Å². The summed E-state index contributed by atoms with van der Waals surface area (Å²) in [6.07, 6.45) is 0. The smallest absolute Gasteiger partial charge is 0.230 e. The molecule has 1 heterocycles. The van der Waals surface area contributed by atoms with Crippen molar-refractivity contribution in [2.24, 2.45) is 0 Å². The molecule has 0 radical (unpaired) electrons. The zero-order valence-electron chi connectivity index (χ0n) is 14.7. The minimum atomic E-state index is -0.000481. The Morgan fingerprint density at radius 1 is 1.19 bits per heavy atom. The van der Waals surface area contributed by atoms with Crippen molar-refractivity contribution in [3.05, 3.63) is 64.6 Å². The Labute approximate surface area is 175 Å². The molecule has 140 valence electrons. The van der Waals surface area contributed by atoms with Gasteiger partial charge in [0, 0.05) is 16.7 Å². The summed E-state index contributed by atoms with van der Waals surface area (Å²) in [5.74, 6) is 0.606. The molecule has 0 aliphatic carbocycles. The lowest BCUT2D eigenvalue weighted by Crippen LogP contribution is -2.28. The van der Waals surface area contributed by atoms with Crippen LogP contribution in [0.25, 0.3) is 0 Å². The molecular formula is C19H19BrN4OS2. The molecular weight excluding hydrogens is 444 g/mol. The second-order valence-electron chi connectivity index (χ2n) is 5.91. The molecule has 1 atom stereocenters. The lowest BCUT2D eigenvalue weighted by atomic mass is 10.0. The fourth-order valence-corrected chi connectivity index (χ4v) is 4.35. The minimum Gasteiger partial charge on any atom is -0.355 e. The summed E-state index contributed by atoms with van der Waals surface area (Å²) < 4.78 is 1.76. The van der Waals surface area contributed by atoms with Gasteiger partial charge in [0.15, 0.2) is 4.34 Å². The Hall–Kier alpha value is -1.90. The molecule has 5 nitrogen and oxygen atoms in total. The molecule has 0 spiro atoms. The highest BCUT2D eigenvalue weighted by Crippen LogP contribution is 2.28. The average Bonchev–Trinajstić information content (AvgIpc) is 3.12. The first-order chi connectivity index (χ1) is 13.1. The molecule has 2 aromatic carbocycles. The first-order valence-corrected chi connectivity index (χ1v) is 11.0. The van der Waals surface area contributed by atoms with E-state index in [-0.39, 0.29) is 11.8 Å². The first-order valence-electron chi connectivity index (χ1n) is 8.40. The number of nitrogens with one attached hydrogen (secondary N) is 2. The van der Waals surface area contributed by atoms with E-state index in [2.05, 4.69) is 55.8 Å². The van der Waals surface area contributed by atoms with Crippen LogP contribution in [0.1, 0.15) is 18.4 Å². The van der Waals surface area contributed by atoms with Crippen LogP contribution >= 0.6 is 39.0 Å². The van der Waals surface area contributed by atoms with E-state index in [0.29, 0.717) is 17.4 Å².